The van der Waals surface area contributed by atoms with Crippen LogP contribution in [0.3, 0.4) is 0 Å². The molecule has 0 saturated heterocycles. The summed E-state index contributed by atoms with van der Waals surface area (Å²) in [5, 5.41) is 0. The van der Waals surface area contributed by atoms with Crippen LogP contribution >= 0.6 is 11.6 Å². The molecule has 2 heterocycles. The number of alkyl halides is 1. The number of furan rings is 1. The molecule has 3 nitrogen and oxygen atoms in total. The van der Waals surface area contributed by atoms with E-state index in [1.807, 2.05) is 6.07 Å². The molecule has 5 heteroatoms. The molecule has 0 aromatic carbocycles. The van der Waals surface area contributed by atoms with Crippen molar-refractivity contribution in [3.05, 3.63) is 47.8 Å². The molecule has 17 heavy (non-hydrogen) atoms. The Bertz CT molecular complexity index is 487. The second-order valence-corrected chi connectivity index (χ2v) is 4.00. The topological polar surface area (TPSA) is 29.3 Å². The van der Waals surface area contributed by atoms with Crippen LogP contribution in [0.5, 0.6) is 0 Å². The minimum Gasteiger partial charge on any atom is -0.472 e. The van der Waals surface area contributed by atoms with Gasteiger partial charge >= 0.3 is 0 Å². The smallest absolute Gasteiger partial charge is 0.170 e. The standard InChI is InChI=1S/C12H12ClFN2O/c1-16(7-9-3-5-17-8-9)12-11(14)10(6-13)2-4-15-12/h2-5,8H,6-7H2,1H3. The molecule has 0 bridgehead atoms. The maximum atomic E-state index is 13.9. The van der Waals surface area contributed by atoms with Gasteiger partial charge in [0.05, 0.1) is 18.4 Å². The summed E-state index contributed by atoms with van der Waals surface area (Å²) >= 11 is 5.65. The molecule has 2 rings (SSSR count). The molecule has 0 aliphatic rings. The maximum Gasteiger partial charge on any atom is 0.170 e. The Hall–Kier alpha value is -1.55. The van der Waals surface area contributed by atoms with Gasteiger partial charge in [-0.2, -0.15) is 0 Å². The van der Waals surface area contributed by atoms with E-state index < -0.39 is 0 Å². The predicted octanol–water partition coefficient (Wildman–Crippen LogP) is 3.19. The normalized spacial score (nSPS) is 10.5. The van der Waals surface area contributed by atoms with E-state index in [-0.39, 0.29) is 11.7 Å². The monoisotopic (exact) mass is 254 g/mol. The summed E-state index contributed by atoms with van der Waals surface area (Å²) in [5.74, 6) is 0.0683. The van der Waals surface area contributed by atoms with E-state index in [9.17, 15) is 4.39 Å². The lowest BCUT2D eigenvalue weighted by Crippen LogP contribution is -2.19. The highest BCUT2D eigenvalue weighted by molar-refractivity contribution is 6.17. The zero-order valence-electron chi connectivity index (χ0n) is 9.36. The average Bonchev–Trinajstić information content (AvgIpc) is 2.82. The molecule has 0 fully saturated rings. The lowest BCUT2D eigenvalue weighted by molar-refractivity contribution is 0.562. The van der Waals surface area contributed by atoms with Crippen molar-refractivity contribution >= 4 is 17.4 Å². The van der Waals surface area contributed by atoms with Crippen LogP contribution in [-0.4, -0.2) is 12.0 Å². The van der Waals surface area contributed by atoms with Gasteiger partial charge in [-0.25, -0.2) is 9.37 Å². The van der Waals surface area contributed by atoms with Crippen molar-refractivity contribution in [3.63, 3.8) is 0 Å². The summed E-state index contributed by atoms with van der Waals surface area (Å²) in [7, 11) is 1.77. The van der Waals surface area contributed by atoms with Crippen LogP contribution in [0.25, 0.3) is 0 Å². The molecule has 0 spiro atoms. The van der Waals surface area contributed by atoms with Gasteiger partial charge in [0.1, 0.15) is 0 Å². The minimum atomic E-state index is -0.367. The minimum absolute atomic E-state index is 0.140. The summed E-state index contributed by atoms with van der Waals surface area (Å²) in [6, 6.07) is 3.41. The van der Waals surface area contributed by atoms with E-state index >= 15 is 0 Å². The molecule has 2 aromatic heterocycles. The number of hydrogen-bond donors (Lipinski definition) is 0. The first kappa shape index (κ1) is 11.9. The Morgan fingerprint density at radius 1 is 1.47 bits per heavy atom. The first-order valence-corrected chi connectivity index (χ1v) is 5.67. The average molecular weight is 255 g/mol. The van der Waals surface area contributed by atoms with Crippen molar-refractivity contribution in [2.24, 2.45) is 0 Å². The van der Waals surface area contributed by atoms with Gasteiger partial charge in [-0.15, -0.1) is 11.6 Å². The van der Waals surface area contributed by atoms with Gasteiger partial charge in [-0.1, -0.05) is 0 Å². The Labute approximate surface area is 104 Å². The third kappa shape index (κ3) is 2.58. The lowest BCUT2D eigenvalue weighted by Gasteiger charge is -2.18. The molecule has 0 aliphatic carbocycles. The van der Waals surface area contributed by atoms with Gasteiger partial charge in [0.15, 0.2) is 11.6 Å². The van der Waals surface area contributed by atoms with Crippen LogP contribution in [0.1, 0.15) is 11.1 Å². The fourth-order valence-electron chi connectivity index (χ4n) is 1.57. The molecule has 0 aliphatic heterocycles. The lowest BCUT2D eigenvalue weighted by atomic mass is 10.2. The van der Waals surface area contributed by atoms with E-state index in [1.165, 1.54) is 0 Å². The van der Waals surface area contributed by atoms with Crippen LogP contribution < -0.4 is 4.90 Å². The Morgan fingerprint density at radius 3 is 2.94 bits per heavy atom. The number of halogens is 2. The van der Waals surface area contributed by atoms with Crippen molar-refractivity contribution in [2.75, 3.05) is 11.9 Å². The second kappa shape index (κ2) is 5.19. The first-order chi connectivity index (χ1) is 8.22. The highest BCUT2D eigenvalue weighted by Gasteiger charge is 2.13. The Morgan fingerprint density at radius 2 is 2.29 bits per heavy atom. The van der Waals surface area contributed by atoms with Gasteiger partial charge in [0.25, 0.3) is 0 Å². The summed E-state index contributed by atoms with van der Waals surface area (Å²) in [4.78, 5) is 5.75. The molecular weight excluding hydrogens is 243 g/mol. The number of aromatic nitrogens is 1. The van der Waals surface area contributed by atoms with Crippen molar-refractivity contribution in [1.29, 1.82) is 0 Å². The van der Waals surface area contributed by atoms with Crippen molar-refractivity contribution in [3.8, 4) is 0 Å². The fourth-order valence-corrected chi connectivity index (χ4v) is 1.78. The van der Waals surface area contributed by atoms with Crippen LogP contribution in [0.4, 0.5) is 10.2 Å². The molecule has 0 saturated carbocycles. The summed E-state index contributed by atoms with van der Waals surface area (Å²) < 4.78 is 18.9. The SMILES string of the molecule is CN(Cc1ccoc1)c1nccc(CCl)c1F. The molecule has 90 valence electrons. The second-order valence-electron chi connectivity index (χ2n) is 3.73. The highest BCUT2D eigenvalue weighted by Crippen LogP contribution is 2.21. The summed E-state index contributed by atoms with van der Waals surface area (Å²) in [6.45, 7) is 0.534. The summed E-state index contributed by atoms with van der Waals surface area (Å²) in [6.07, 6.45) is 4.77. The van der Waals surface area contributed by atoms with E-state index in [2.05, 4.69) is 4.98 Å². The number of rotatable bonds is 4. The van der Waals surface area contributed by atoms with Gasteiger partial charge in [-0.3, -0.25) is 0 Å². The number of nitrogens with zero attached hydrogens (tertiary/aromatic N) is 2. The van der Waals surface area contributed by atoms with E-state index in [0.29, 0.717) is 17.9 Å². The molecule has 0 unspecified atom stereocenters. The quantitative estimate of drug-likeness (QED) is 0.785. The van der Waals surface area contributed by atoms with E-state index in [4.69, 9.17) is 16.0 Å². The molecule has 2 aromatic rings. The highest BCUT2D eigenvalue weighted by atomic mass is 35.5. The molecule has 0 atom stereocenters. The third-order valence-electron chi connectivity index (χ3n) is 2.46. The van der Waals surface area contributed by atoms with Crippen LogP contribution in [0, 0.1) is 5.82 Å². The van der Waals surface area contributed by atoms with Crippen molar-refractivity contribution in [1.82, 2.24) is 4.98 Å². The third-order valence-corrected chi connectivity index (χ3v) is 2.74. The van der Waals surface area contributed by atoms with Gasteiger partial charge in [-0.05, 0) is 12.1 Å². The fraction of sp³-hybridized carbons (Fsp3) is 0.250. The predicted molar refractivity (Wildman–Crippen MR) is 64.6 cm³/mol. The van der Waals surface area contributed by atoms with Gasteiger partial charge < -0.3 is 9.32 Å². The van der Waals surface area contributed by atoms with E-state index in [1.54, 1.807) is 36.7 Å². The number of pyridine rings is 1. The maximum absolute atomic E-state index is 13.9. The number of hydrogen-bond acceptors (Lipinski definition) is 3. The zero-order chi connectivity index (χ0) is 12.3. The molecule has 0 amide bonds. The Balaban J connectivity index is 2.22. The van der Waals surface area contributed by atoms with Crippen molar-refractivity contribution in [2.45, 2.75) is 12.4 Å². The first-order valence-electron chi connectivity index (χ1n) is 5.14. The summed E-state index contributed by atoms with van der Waals surface area (Å²) in [5.41, 5.74) is 1.42. The van der Waals surface area contributed by atoms with Gasteiger partial charge in [0.2, 0.25) is 0 Å². The molecular formula is C12H12ClFN2O. The van der Waals surface area contributed by atoms with Crippen LogP contribution in [-0.2, 0) is 12.4 Å². The van der Waals surface area contributed by atoms with E-state index in [0.717, 1.165) is 5.56 Å². The number of anilines is 1. The largest absolute Gasteiger partial charge is 0.472 e. The molecule has 0 N–H and O–H groups in total. The molecule has 0 radical (unpaired) electrons. The van der Waals surface area contributed by atoms with Gasteiger partial charge in [0, 0.05) is 30.9 Å². The van der Waals surface area contributed by atoms with Crippen LogP contribution in [0.15, 0.2) is 35.3 Å². The Kier molecular flexibility index (Phi) is 3.64. The zero-order valence-corrected chi connectivity index (χ0v) is 10.1. The van der Waals surface area contributed by atoms with Crippen LogP contribution in [0.2, 0.25) is 0 Å². The van der Waals surface area contributed by atoms with Crippen molar-refractivity contribution < 1.29 is 8.81 Å².